The zero-order valence-electron chi connectivity index (χ0n) is 5.17. The fourth-order valence-corrected chi connectivity index (χ4v) is 1.30. The molecule has 3 heteroatoms. The molecular weight excluding hydrogens is 114 g/mol. The molecule has 0 saturated heterocycles. The maximum Gasteiger partial charge on any atom is 0.200 e. The standard InChI is InChI=1S/C6H9N3/c7-6-8-4-5-2-1-3-9(5)6/h4H,1-3H2,(H2,7,8). The quantitative estimate of drug-likeness (QED) is 0.543. The summed E-state index contributed by atoms with van der Waals surface area (Å²) in [5, 5.41) is 0. The molecule has 1 aliphatic heterocycles. The fourth-order valence-electron chi connectivity index (χ4n) is 1.30. The van der Waals surface area contributed by atoms with Crippen LogP contribution in [0.4, 0.5) is 5.95 Å². The number of hydrogen-bond donors (Lipinski definition) is 1. The van der Waals surface area contributed by atoms with Crippen LogP contribution in [0, 0.1) is 0 Å². The molecule has 1 aromatic rings. The van der Waals surface area contributed by atoms with E-state index in [0.717, 1.165) is 13.0 Å². The maximum absolute atomic E-state index is 5.54. The van der Waals surface area contributed by atoms with Crippen molar-refractivity contribution in [1.29, 1.82) is 0 Å². The van der Waals surface area contributed by atoms with Crippen molar-refractivity contribution in [3.63, 3.8) is 0 Å². The van der Waals surface area contributed by atoms with E-state index in [-0.39, 0.29) is 0 Å². The third-order valence-corrected chi connectivity index (χ3v) is 1.78. The number of nitrogen functional groups attached to an aromatic ring is 1. The summed E-state index contributed by atoms with van der Waals surface area (Å²) in [6.45, 7) is 1.06. The molecular formula is C6H9N3. The number of aryl methyl sites for hydroxylation is 1. The number of aromatic nitrogens is 2. The predicted octanol–water partition coefficient (Wildman–Crippen LogP) is 0.412. The van der Waals surface area contributed by atoms with Crippen LogP contribution in [-0.2, 0) is 13.0 Å². The van der Waals surface area contributed by atoms with Crippen molar-refractivity contribution in [2.24, 2.45) is 0 Å². The third kappa shape index (κ3) is 0.542. The van der Waals surface area contributed by atoms with Crippen LogP contribution < -0.4 is 5.73 Å². The molecule has 3 nitrogen and oxygen atoms in total. The monoisotopic (exact) mass is 123 g/mol. The highest BCUT2D eigenvalue weighted by Gasteiger charge is 2.11. The first-order valence-electron chi connectivity index (χ1n) is 3.18. The van der Waals surface area contributed by atoms with Gasteiger partial charge in [0.2, 0.25) is 0 Å². The fraction of sp³-hybridized carbons (Fsp3) is 0.500. The number of rotatable bonds is 0. The van der Waals surface area contributed by atoms with Crippen LogP contribution in [-0.4, -0.2) is 9.55 Å². The molecule has 0 saturated carbocycles. The number of hydrogen-bond acceptors (Lipinski definition) is 2. The summed E-state index contributed by atoms with van der Waals surface area (Å²) in [5.74, 6) is 0.669. The predicted molar refractivity (Wildman–Crippen MR) is 35.0 cm³/mol. The molecule has 0 bridgehead atoms. The topological polar surface area (TPSA) is 43.8 Å². The third-order valence-electron chi connectivity index (χ3n) is 1.78. The van der Waals surface area contributed by atoms with Crippen LogP contribution in [0.25, 0.3) is 0 Å². The average Bonchev–Trinajstić information content (AvgIpc) is 2.35. The van der Waals surface area contributed by atoms with Crippen LogP contribution in [0.1, 0.15) is 12.1 Å². The lowest BCUT2D eigenvalue weighted by Crippen LogP contribution is -1.99. The summed E-state index contributed by atoms with van der Waals surface area (Å²) in [6, 6.07) is 0. The number of anilines is 1. The number of imidazole rings is 1. The SMILES string of the molecule is Nc1ncc2n1CCC2. The van der Waals surface area contributed by atoms with Gasteiger partial charge in [-0.2, -0.15) is 0 Å². The van der Waals surface area contributed by atoms with Gasteiger partial charge in [0.1, 0.15) is 0 Å². The van der Waals surface area contributed by atoms with Crippen LogP contribution in [0.2, 0.25) is 0 Å². The van der Waals surface area contributed by atoms with E-state index in [9.17, 15) is 0 Å². The Bertz CT molecular complexity index is 226. The lowest BCUT2D eigenvalue weighted by molar-refractivity contribution is 0.752. The molecule has 0 radical (unpaired) electrons. The molecule has 0 unspecified atom stereocenters. The van der Waals surface area contributed by atoms with Crippen molar-refractivity contribution in [3.05, 3.63) is 11.9 Å². The van der Waals surface area contributed by atoms with Crippen molar-refractivity contribution < 1.29 is 0 Å². The second-order valence-corrected chi connectivity index (χ2v) is 2.36. The molecule has 0 atom stereocenters. The van der Waals surface area contributed by atoms with Gasteiger partial charge in [0.25, 0.3) is 0 Å². The Balaban J connectivity index is 2.56. The second kappa shape index (κ2) is 1.50. The molecule has 2 rings (SSSR count). The van der Waals surface area contributed by atoms with Crippen LogP contribution in [0.15, 0.2) is 6.20 Å². The van der Waals surface area contributed by atoms with Crippen molar-refractivity contribution in [2.45, 2.75) is 19.4 Å². The van der Waals surface area contributed by atoms with E-state index in [0.29, 0.717) is 5.95 Å². The maximum atomic E-state index is 5.54. The van der Waals surface area contributed by atoms with Gasteiger partial charge in [0.15, 0.2) is 5.95 Å². The minimum atomic E-state index is 0.669. The Morgan fingerprint density at radius 1 is 1.67 bits per heavy atom. The Morgan fingerprint density at radius 2 is 2.56 bits per heavy atom. The first-order valence-corrected chi connectivity index (χ1v) is 3.18. The van der Waals surface area contributed by atoms with Crippen LogP contribution >= 0.6 is 0 Å². The Labute approximate surface area is 53.5 Å². The van der Waals surface area contributed by atoms with Gasteiger partial charge in [-0.25, -0.2) is 4.98 Å². The number of nitrogens with zero attached hydrogens (tertiary/aromatic N) is 2. The highest BCUT2D eigenvalue weighted by Crippen LogP contribution is 2.16. The van der Waals surface area contributed by atoms with Crippen LogP contribution in [0.3, 0.4) is 0 Å². The van der Waals surface area contributed by atoms with E-state index in [4.69, 9.17) is 5.73 Å². The zero-order valence-corrected chi connectivity index (χ0v) is 5.17. The molecule has 9 heavy (non-hydrogen) atoms. The van der Waals surface area contributed by atoms with Crippen LogP contribution in [0.5, 0.6) is 0 Å². The van der Waals surface area contributed by atoms with Gasteiger partial charge < -0.3 is 10.3 Å². The Morgan fingerprint density at radius 3 is 3.33 bits per heavy atom. The summed E-state index contributed by atoms with van der Waals surface area (Å²) in [5.41, 5.74) is 6.83. The van der Waals surface area contributed by atoms with Gasteiger partial charge >= 0.3 is 0 Å². The van der Waals surface area contributed by atoms with E-state index < -0.39 is 0 Å². The zero-order chi connectivity index (χ0) is 6.27. The molecule has 1 aromatic heterocycles. The molecule has 0 aromatic carbocycles. The van der Waals surface area contributed by atoms with Gasteiger partial charge in [-0.3, -0.25) is 0 Å². The van der Waals surface area contributed by atoms with E-state index >= 15 is 0 Å². The van der Waals surface area contributed by atoms with Crippen molar-refractivity contribution in [3.8, 4) is 0 Å². The van der Waals surface area contributed by atoms with E-state index in [2.05, 4.69) is 9.55 Å². The summed E-state index contributed by atoms with van der Waals surface area (Å²) in [4.78, 5) is 3.98. The van der Waals surface area contributed by atoms with Gasteiger partial charge in [0, 0.05) is 12.2 Å². The molecule has 0 aliphatic carbocycles. The highest BCUT2D eigenvalue weighted by atomic mass is 15.2. The lowest BCUT2D eigenvalue weighted by atomic mass is 10.3. The van der Waals surface area contributed by atoms with Crippen molar-refractivity contribution in [2.75, 3.05) is 5.73 Å². The van der Waals surface area contributed by atoms with Gasteiger partial charge in [-0.05, 0) is 12.8 Å². The van der Waals surface area contributed by atoms with E-state index in [1.807, 2.05) is 6.20 Å². The van der Waals surface area contributed by atoms with Gasteiger partial charge in [0.05, 0.1) is 6.20 Å². The van der Waals surface area contributed by atoms with E-state index in [1.54, 1.807) is 0 Å². The normalized spacial score (nSPS) is 16.0. The molecule has 0 fully saturated rings. The summed E-state index contributed by atoms with van der Waals surface area (Å²) in [6.07, 6.45) is 4.23. The molecule has 48 valence electrons. The molecule has 2 N–H and O–H groups in total. The summed E-state index contributed by atoms with van der Waals surface area (Å²) < 4.78 is 2.07. The molecule has 0 spiro atoms. The smallest absolute Gasteiger partial charge is 0.200 e. The van der Waals surface area contributed by atoms with E-state index in [1.165, 1.54) is 12.1 Å². The van der Waals surface area contributed by atoms with Crippen molar-refractivity contribution >= 4 is 5.95 Å². The van der Waals surface area contributed by atoms with Gasteiger partial charge in [-0.1, -0.05) is 0 Å². The largest absolute Gasteiger partial charge is 0.369 e. The second-order valence-electron chi connectivity index (χ2n) is 2.36. The lowest BCUT2D eigenvalue weighted by Gasteiger charge is -1.94. The first kappa shape index (κ1) is 4.85. The summed E-state index contributed by atoms with van der Waals surface area (Å²) in [7, 11) is 0. The van der Waals surface area contributed by atoms with Crippen molar-refractivity contribution in [1.82, 2.24) is 9.55 Å². The first-order chi connectivity index (χ1) is 4.38. The minimum Gasteiger partial charge on any atom is -0.369 e. The van der Waals surface area contributed by atoms with Gasteiger partial charge in [-0.15, -0.1) is 0 Å². The number of nitrogens with two attached hydrogens (primary N) is 1. The number of fused-ring (bicyclic) bond motifs is 1. The average molecular weight is 123 g/mol. The Kier molecular flexibility index (Phi) is 0.806. The Hall–Kier alpha value is -0.990. The minimum absolute atomic E-state index is 0.669. The molecule has 2 heterocycles. The highest BCUT2D eigenvalue weighted by molar-refractivity contribution is 5.24. The summed E-state index contributed by atoms with van der Waals surface area (Å²) >= 11 is 0. The molecule has 1 aliphatic rings. The molecule has 0 amide bonds.